The minimum atomic E-state index is -0.454. The molecule has 7 nitrogen and oxygen atoms in total. The summed E-state index contributed by atoms with van der Waals surface area (Å²) in [4.78, 5) is 13.5. The van der Waals surface area contributed by atoms with E-state index in [-0.39, 0.29) is 0 Å². The highest BCUT2D eigenvalue weighted by Gasteiger charge is 2.09. The lowest BCUT2D eigenvalue weighted by atomic mass is 10.3. The standard InChI is InChI=1S/C15H17BrN4O3/c1-20(2)14-13(16)8-12(23-14)9-17-19-15(21)18-10-4-6-11(22-3)7-5-10/h4-9H,1-3H3,(H2,18,19,21)/b17-9+. The van der Waals surface area contributed by atoms with E-state index in [1.165, 1.54) is 6.21 Å². The topological polar surface area (TPSA) is 79.1 Å². The molecule has 0 fully saturated rings. The van der Waals surface area contributed by atoms with Crippen molar-refractivity contribution in [2.45, 2.75) is 0 Å². The predicted molar refractivity (Wildman–Crippen MR) is 93.5 cm³/mol. The molecule has 2 aromatic rings. The van der Waals surface area contributed by atoms with Gasteiger partial charge in [0.05, 0.1) is 17.8 Å². The van der Waals surface area contributed by atoms with E-state index >= 15 is 0 Å². The Morgan fingerprint density at radius 2 is 2.04 bits per heavy atom. The molecule has 0 aliphatic heterocycles. The third-order valence-corrected chi connectivity index (χ3v) is 3.37. The van der Waals surface area contributed by atoms with Gasteiger partial charge in [0.15, 0.2) is 5.76 Å². The SMILES string of the molecule is COc1ccc(NC(=O)N/N=C/c2cc(Br)c(N(C)C)o2)cc1. The second kappa shape index (κ2) is 7.68. The number of hydrogen-bond donors (Lipinski definition) is 2. The van der Waals surface area contributed by atoms with Crippen LogP contribution in [0.3, 0.4) is 0 Å². The zero-order valence-electron chi connectivity index (χ0n) is 13.0. The van der Waals surface area contributed by atoms with Gasteiger partial charge in [0, 0.05) is 25.8 Å². The van der Waals surface area contributed by atoms with Crippen LogP contribution in [-0.4, -0.2) is 33.5 Å². The number of urea groups is 1. The molecule has 0 unspecified atom stereocenters. The van der Waals surface area contributed by atoms with Crippen molar-refractivity contribution in [2.24, 2.45) is 5.10 Å². The van der Waals surface area contributed by atoms with Crippen LogP contribution in [0.1, 0.15) is 5.76 Å². The number of rotatable bonds is 5. The van der Waals surface area contributed by atoms with Crippen molar-refractivity contribution < 1.29 is 13.9 Å². The van der Waals surface area contributed by atoms with E-state index in [1.807, 2.05) is 19.0 Å². The van der Waals surface area contributed by atoms with Gasteiger partial charge in [-0.05, 0) is 40.2 Å². The van der Waals surface area contributed by atoms with Crippen LogP contribution in [0, 0.1) is 0 Å². The van der Waals surface area contributed by atoms with Crippen LogP contribution in [0.5, 0.6) is 5.75 Å². The molecule has 2 rings (SSSR count). The summed E-state index contributed by atoms with van der Waals surface area (Å²) in [5.41, 5.74) is 3.00. The molecule has 0 saturated heterocycles. The molecule has 2 N–H and O–H groups in total. The van der Waals surface area contributed by atoms with E-state index in [4.69, 9.17) is 9.15 Å². The summed E-state index contributed by atoms with van der Waals surface area (Å²) >= 11 is 3.39. The van der Waals surface area contributed by atoms with Crippen molar-refractivity contribution in [1.82, 2.24) is 5.43 Å². The van der Waals surface area contributed by atoms with Gasteiger partial charge in [-0.25, -0.2) is 10.2 Å². The van der Waals surface area contributed by atoms with Crippen LogP contribution in [0.4, 0.5) is 16.4 Å². The molecule has 1 aromatic carbocycles. The smallest absolute Gasteiger partial charge is 0.339 e. The maximum atomic E-state index is 11.7. The number of benzene rings is 1. The first kappa shape index (κ1) is 16.9. The lowest BCUT2D eigenvalue weighted by Gasteiger charge is -2.07. The first-order valence-electron chi connectivity index (χ1n) is 6.70. The monoisotopic (exact) mass is 380 g/mol. The van der Waals surface area contributed by atoms with E-state index in [0.29, 0.717) is 23.1 Å². The third-order valence-electron chi connectivity index (χ3n) is 2.80. The first-order valence-corrected chi connectivity index (χ1v) is 7.49. The van der Waals surface area contributed by atoms with Gasteiger partial charge in [-0.3, -0.25) is 0 Å². The molecule has 1 aromatic heterocycles. The molecule has 0 bridgehead atoms. The Kier molecular flexibility index (Phi) is 5.64. The van der Waals surface area contributed by atoms with Gasteiger partial charge in [0.1, 0.15) is 5.75 Å². The Labute approximate surface area is 142 Å². The Morgan fingerprint density at radius 1 is 1.35 bits per heavy atom. The Morgan fingerprint density at radius 3 is 2.61 bits per heavy atom. The van der Waals surface area contributed by atoms with Crippen molar-refractivity contribution >= 4 is 39.7 Å². The lowest BCUT2D eigenvalue weighted by molar-refractivity contribution is 0.252. The second-order valence-electron chi connectivity index (χ2n) is 4.75. The predicted octanol–water partition coefficient (Wildman–Crippen LogP) is 3.27. The summed E-state index contributed by atoms with van der Waals surface area (Å²) in [6.07, 6.45) is 1.42. The normalized spacial score (nSPS) is 10.6. The first-order chi connectivity index (χ1) is 11.0. The Hall–Kier alpha value is -2.48. The van der Waals surface area contributed by atoms with Crippen molar-refractivity contribution in [3.8, 4) is 5.75 Å². The van der Waals surface area contributed by atoms with E-state index in [2.05, 4.69) is 31.8 Å². The highest BCUT2D eigenvalue weighted by molar-refractivity contribution is 9.10. The number of carbonyl (C=O) groups excluding carboxylic acids is 1. The summed E-state index contributed by atoms with van der Waals surface area (Å²) in [7, 11) is 5.31. The minimum absolute atomic E-state index is 0.454. The van der Waals surface area contributed by atoms with Gasteiger partial charge in [0.25, 0.3) is 0 Å². The second-order valence-corrected chi connectivity index (χ2v) is 5.60. The average molecular weight is 381 g/mol. The molecular weight excluding hydrogens is 364 g/mol. The van der Waals surface area contributed by atoms with Crippen LogP contribution >= 0.6 is 15.9 Å². The number of ether oxygens (including phenoxy) is 1. The molecule has 23 heavy (non-hydrogen) atoms. The quantitative estimate of drug-likeness (QED) is 0.616. The summed E-state index contributed by atoms with van der Waals surface area (Å²) in [5, 5.41) is 6.49. The van der Waals surface area contributed by atoms with Crippen molar-refractivity contribution in [1.29, 1.82) is 0 Å². The molecule has 0 aliphatic rings. The zero-order chi connectivity index (χ0) is 16.8. The summed E-state index contributed by atoms with van der Waals surface area (Å²) in [5.74, 6) is 1.91. The van der Waals surface area contributed by atoms with Gasteiger partial charge < -0.3 is 19.4 Å². The van der Waals surface area contributed by atoms with Crippen LogP contribution in [0.15, 0.2) is 44.3 Å². The van der Waals surface area contributed by atoms with Gasteiger partial charge >= 0.3 is 6.03 Å². The molecule has 0 saturated carbocycles. The van der Waals surface area contributed by atoms with E-state index in [0.717, 1.165) is 4.47 Å². The highest BCUT2D eigenvalue weighted by atomic mass is 79.9. The zero-order valence-corrected chi connectivity index (χ0v) is 14.5. The Balaban J connectivity index is 1.89. The molecule has 2 amide bonds. The molecule has 0 atom stereocenters. The number of methoxy groups -OCH3 is 1. The number of nitrogens with one attached hydrogen (secondary N) is 2. The fraction of sp³-hybridized carbons (Fsp3) is 0.200. The van der Waals surface area contributed by atoms with Gasteiger partial charge in [0.2, 0.25) is 5.88 Å². The highest BCUT2D eigenvalue weighted by Crippen LogP contribution is 2.27. The van der Waals surface area contributed by atoms with Crippen LogP contribution in [0.2, 0.25) is 0 Å². The maximum Gasteiger partial charge on any atom is 0.339 e. The third kappa shape index (κ3) is 4.75. The van der Waals surface area contributed by atoms with Gasteiger partial charge in [-0.1, -0.05) is 0 Å². The number of anilines is 2. The number of furan rings is 1. The van der Waals surface area contributed by atoms with Crippen molar-refractivity contribution in [3.05, 3.63) is 40.6 Å². The van der Waals surface area contributed by atoms with Gasteiger partial charge in [-0.15, -0.1) is 0 Å². The maximum absolute atomic E-state index is 11.7. The van der Waals surface area contributed by atoms with Gasteiger partial charge in [-0.2, -0.15) is 5.10 Å². The Bertz CT molecular complexity index is 695. The molecule has 0 spiro atoms. The van der Waals surface area contributed by atoms with Crippen LogP contribution < -0.4 is 20.4 Å². The summed E-state index contributed by atoms with van der Waals surface area (Å²) in [6.45, 7) is 0. The lowest BCUT2D eigenvalue weighted by Crippen LogP contribution is -2.24. The van der Waals surface area contributed by atoms with Crippen molar-refractivity contribution in [2.75, 3.05) is 31.4 Å². The number of hydrazone groups is 1. The van der Waals surface area contributed by atoms with E-state index in [1.54, 1.807) is 37.4 Å². The molecule has 0 radical (unpaired) electrons. The largest absolute Gasteiger partial charge is 0.497 e. The summed E-state index contributed by atoms with van der Waals surface area (Å²) < 4.78 is 11.4. The number of carbonyl (C=O) groups is 1. The fourth-order valence-corrected chi connectivity index (χ4v) is 2.39. The molecular formula is C15H17BrN4O3. The number of nitrogens with zero attached hydrogens (tertiary/aromatic N) is 2. The number of amides is 2. The van der Waals surface area contributed by atoms with Crippen molar-refractivity contribution in [3.63, 3.8) is 0 Å². The van der Waals surface area contributed by atoms with Crippen LogP contribution in [0.25, 0.3) is 0 Å². The summed E-state index contributed by atoms with van der Waals surface area (Å²) in [6, 6.07) is 8.28. The molecule has 122 valence electrons. The fourth-order valence-electron chi connectivity index (χ4n) is 1.73. The molecule has 1 heterocycles. The van der Waals surface area contributed by atoms with E-state index < -0.39 is 6.03 Å². The average Bonchev–Trinajstić information content (AvgIpc) is 2.89. The molecule has 8 heteroatoms. The van der Waals surface area contributed by atoms with Crippen LogP contribution in [-0.2, 0) is 0 Å². The van der Waals surface area contributed by atoms with E-state index in [9.17, 15) is 4.79 Å². The minimum Gasteiger partial charge on any atom is -0.497 e. The number of hydrogen-bond acceptors (Lipinski definition) is 5. The molecule has 0 aliphatic carbocycles. The number of halogens is 1.